The highest BCUT2D eigenvalue weighted by molar-refractivity contribution is 5.81. The third kappa shape index (κ3) is 4.08. The Kier molecular flexibility index (Phi) is 5.71. The number of aromatic nitrogens is 3. The van der Waals surface area contributed by atoms with E-state index in [0.717, 1.165) is 43.9 Å². The van der Waals surface area contributed by atoms with E-state index in [1.807, 2.05) is 0 Å². The third-order valence-corrected chi connectivity index (χ3v) is 7.10. The van der Waals surface area contributed by atoms with Gasteiger partial charge < -0.3 is 4.57 Å². The van der Waals surface area contributed by atoms with Crippen molar-refractivity contribution in [3.05, 3.63) is 81.9 Å². The summed E-state index contributed by atoms with van der Waals surface area (Å²) >= 11 is 0. The maximum Gasteiger partial charge on any atom is 0.137 e. The van der Waals surface area contributed by atoms with Gasteiger partial charge in [-0.25, -0.2) is 0 Å². The van der Waals surface area contributed by atoms with E-state index in [1.165, 1.54) is 40.7 Å². The molecule has 1 aromatic heterocycles. The topological polar surface area (TPSA) is 47.8 Å². The lowest BCUT2D eigenvalue weighted by molar-refractivity contribution is -0.118. The van der Waals surface area contributed by atoms with E-state index in [-0.39, 0.29) is 0 Å². The molecule has 2 aromatic carbocycles. The Morgan fingerprint density at radius 2 is 1.71 bits per heavy atom. The van der Waals surface area contributed by atoms with Gasteiger partial charge in [0.15, 0.2) is 0 Å². The Bertz CT molecular complexity index is 1070. The Hall–Kier alpha value is -2.75. The molecule has 0 unspecified atom stereocenters. The Balaban J connectivity index is 1.25. The number of carbonyl (C=O) groups is 1. The van der Waals surface area contributed by atoms with E-state index in [1.54, 1.807) is 0 Å². The zero-order chi connectivity index (χ0) is 21.2. The standard InChI is InChI=1S/C27H31N3O/c1-2-30-26(28-29-27(30)23-16-20-9-3-4-10-21(20)17-23)15-14-24(31)18-22-12-7-11-19-8-5-6-13-25(19)22/h3-4,7,9-12,23H,2,5-6,8,13-18H2,1H3. The molecule has 0 N–H and O–H groups in total. The molecule has 0 saturated carbocycles. The zero-order valence-corrected chi connectivity index (χ0v) is 18.4. The summed E-state index contributed by atoms with van der Waals surface area (Å²) in [6.07, 6.45) is 8.62. The average Bonchev–Trinajstić information content (AvgIpc) is 3.41. The molecule has 2 aliphatic rings. The molecule has 31 heavy (non-hydrogen) atoms. The molecular formula is C27H31N3O. The maximum absolute atomic E-state index is 12.8. The highest BCUT2D eigenvalue weighted by Crippen LogP contribution is 2.33. The number of benzene rings is 2. The summed E-state index contributed by atoms with van der Waals surface area (Å²) in [7, 11) is 0. The van der Waals surface area contributed by atoms with Crippen LogP contribution >= 0.6 is 0 Å². The Morgan fingerprint density at radius 3 is 2.48 bits per heavy atom. The van der Waals surface area contributed by atoms with Gasteiger partial charge >= 0.3 is 0 Å². The summed E-state index contributed by atoms with van der Waals surface area (Å²) in [6.45, 7) is 3.00. The molecule has 0 saturated heterocycles. The summed E-state index contributed by atoms with van der Waals surface area (Å²) < 4.78 is 2.24. The van der Waals surface area contributed by atoms with Gasteiger partial charge in [-0.1, -0.05) is 42.5 Å². The number of aryl methyl sites for hydroxylation is 2. The highest BCUT2D eigenvalue weighted by atomic mass is 16.1. The van der Waals surface area contributed by atoms with Gasteiger partial charge in [0.05, 0.1) is 0 Å². The van der Waals surface area contributed by atoms with E-state index in [9.17, 15) is 4.79 Å². The molecule has 0 radical (unpaired) electrons. The van der Waals surface area contributed by atoms with Gasteiger partial charge in [-0.05, 0) is 73.3 Å². The largest absolute Gasteiger partial charge is 0.315 e. The number of Topliss-reactive ketones (excluding diaryl/α,β-unsaturated/α-hetero) is 1. The van der Waals surface area contributed by atoms with Crippen LogP contribution < -0.4 is 0 Å². The molecule has 4 heteroatoms. The molecule has 0 bridgehead atoms. The molecule has 0 atom stereocenters. The van der Waals surface area contributed by atoms with Crippen molar-refractivity contribution in [1.82, 2.24) is 14.8 Å². The molecule has 1 heterocycles. The molecule has 0 amide bonds. The molecule has 4 nitrogen and oxygen atoms in total. The van der Waals surface area contributed by atoms with Crippen molar-refractivity contribution >= 4 is 5.78 Å². The lowest BCUT2D eigenvalue weighted by Gasteiger charge is -2.19. The van der Waals surface area contributed by atoms with Crippen molar-refractivity contribution in [3.63, 3.8) is 0 Å². The number of fused-ring (bicyclic) bond motifs is 2. The minimum absolute atomic E-state index is 0.305. The van der Waals surface area contributed by atoms with Crippen LogP contribution in [0.25, 0.3) is 0 Å². The van der Waals surface area contributed by atoms with Crippen LogP contribution in [0, 0.1) is 0 Å². The van der Waals surface area contributed by atoms with Crippen LogP contribution in [-0.2, 0) is 49.9 Å². The van der Waals surface area contributed by atoms with E-state index in [2.05, 4.69) is 64.2 Å². The van der Waals surface area contributed by atoms with Crippen molar-refractivity contribution < 1.29 is 4.79 Å². The third-order valence-electron chi connectivity index (χ3n) is 7.10. The molecule has 0 aliphatic heterocycles. The fraction of sp³-hybridized carbons (Fsp3) is 0.444. The van der Waals surface area contributed by atoms with Crippen molar-refractivity contribution in [2.75, 3.05) is 0 Å². The lowest BCUT2D eigenvalue weighted by atomic mass is 9.86. The van der Waals surface area contributed by atoms with Gasteiger partial charge in [-0.2, -0.15) is 0 Å². The molecule has 160 valence electrons. The summed E-state index contributed by atoms with van der Waals surface area (Å²) in [5.74, 6) is 2.74. The normalized spacial score (nSPS) is 15.6. The first-order valence-electron chi connectivity index (χ1n) is 11.8. The van der Waals surface area contributed by atoms with Crippen LogP contribution in [0.2, 0.25) is 0 Å². The maximum atomic E-state index is 12.8. The van der Waals surface area contributed by atoms with Crippen LogP contribution in [0.15, 0.2) is 42.5 Å². The predicted octanol–water partition coefficient (Wildman–Crippen LogP) is 4.80. The van der Waals surface area contributed by atoms with Gasteiger partial charge in [-0.15, -0.1) is 10.2 Å². The summed E-state index contributed by atoms with van der Waals surface area (Å²) in [4.78, 5) is 12.8. The van der Waals surface area contributed by atoms with E-state index in [0.29, 0.717) is 31.0 Å². The lowest BCUT2D eigenvalue weighted by Crippen LogP contribution is -2.14. The van der Waals surface area contributed by atoms with Crippen molar-refractivity contribution in [2.24, 2.45) is 0 Å². The van der Waals surface area contributed by atoms with Crippen molar-refractivity contribution in [2.45, 2.75) is 77.2 Å². The Morgan fingerprint density at radius 1 is 0.968 bits per heavy atom. The molecule has 5 rings (SSSR count). The van der Waals surface area contributed by atoms with Crippen LogP contribution in [-0.4, -0.2) is 20.5 Å². The first kappa shape index (κ1) is 20.2. The number of hydrogen-bond acceptors (Lipinski definition) is 3. The predicted molar refractivity (Wildman–Crippen MR) is 122 cm³/mol. The summed E-state index contributed by atoms with van der Waals surface area (Å²) in [6, 6.07) is 15.2. The van der Waals surface area contributed by atoms with Gasteiger partial charge in [0.2, 0.25) is 0 Å². The molecule has 0 spiro atoms. The minimum Gasteiger partial charge on any atom is -0.315 e. The second-order valence-electron chi connectivity index (χ2n) is 9.07. The van der Waals surface area contributed by atoms with Gasteiger partial charge in [-0.3, -0.25) is 4.79 Å². The van der Waals surface area contributed by atoms with Gasteiger partial charge in [0.1, 0.15) is 17.4 Å². The first-order valence-corrected chi connectivity index (χ1v) is 11.8. The quantitative estimate of drug-likeness (QED) is 0.559. The number of carbonyl (C=O) groups excluding carboxylic acids is 1. The SMILES string of the molecule is CCn1c(CCC(=O)Cc2cccc3c2CCCC3)nnc1C1Cc2ccccc2C1. The second kappa shape index (κ2) is 8.78. The average molecular weight is 414 g/mol. The summed E-state index contributed by atoms with van der Waals surface area (Å²) in [5, 5.41) is 9.08. The van der Waals surface area contributed by atoms with E-state index in [4.69, 9.17) is 0 Å². The smallest absolute Gasteiger partial charge is 0.137 e. The number of hydrogen-bond donors (Lipinski definition) is 0. The fourth-order valence-electron chi connectivity index (χ4n) is 5.50. The zero-order valence-electron chi connectivity index (χ0n) is 18.4. The van der Waals surface area contributed by atoms with Crippen molar-refractivity contribution in [3.8, 4) is 0 Å². The molecule has 2 aliphatic carbocycles. The monoisotopic (exact) mass is 413 g/mol. The van der Waals surface area contributed by atoms with Crippen LogP contribution in [0.3, 0.4) is 0 Å². The highest BCUT2D eigenvalue weighted by Gasteiger charge is 2.27. The van der Waals surface area contributed by atoms with Gasteiger partial charge in [0.25, 0.3) is 0 Å². The van der Waals surface area contributed by atoms with Crippen LogP contribution in [0.1, 0.15) is 71.6 Å². The Labute approximate surface area is 184 Å². The molecule has 3 aromatic rings. The van der Waals surface area contributed by atoms with Crippen LogP contribution in [0.5, 0.6) is 0 Å². The summed E-state index contributed by atoms with van der Waals surface area (Å²) in [5.41, 5.74) is 6.98. The van der Waals surface area contributed by atoms with Crippen LogP contribution in [0.4, 0.5) is 0 Å². The van der Waals surface area contributed by atoms with Gasteiger partial charge in [0, 0.05) is 31.7 Å². The van der Waals surface area contributed by atoms with E-state index < -0.39 is 0 Å². The van der Waals surface area contributed by atoms with E-state index >= 15 is 0 Å². The van der Waals surface area contributed by atoms with Crippen molar-refractivity contribution in [1.29, 1.82) is 0 Å². The first-order chi connectivity index (χ1) is 15.2. The molecule has 0 fully saturated rings. The number of rotatable bonds is 7. The minimum atomic E-state index is 0.305. The molecular weight excluding hydrogens is 382 g/mol. The second-order valence-corrected chi connectivity index (χ2v) is 9.07. The number of ketones is 1. The fourth-order valence-corrected chi connectivity index (χ4v) is 5.50. The number of nitrogens with zero attached hydrogens (tertiary/aromatic N) is 3.